The van der Waals surface area contributed by atoms with E-state index in [1.54, 1.807) is 43.3 Å². The molecule has 0 atom stereocenters. The van der Waals surface area contributed by atoms with Gasteiger partial charge in [0.15, 0.2) is 0 Å². The molecule has 1 N–H and O–H groups in total. The molecule has 1 amide bonds. The minimum Gasteiger partial charge on any atom is -0.465 e. The van der Waals surface area contributed by atoms with Gasteiger partial charge in [-0.3, -0.25) is 4.79 Å². The van der Waals surface area contributed by atoms with Gasteiger partial charge >= 0.3 is 5.97 Å². The van der Waals surface area contributed by atoms with E-state index in [1.165, 1.54) is 13.2 Å². The Balaban J connectivity index is 2.35. The third-order valence-electron chi connectivity index (χ3n) is 3.16. The molecular formula is C17H14N2O3. The predicted octanol–water partition coefficient (Wildman–Crippen LogP) is 2.91. The zero-order valence-electron chi connectivity index (χ0n) is 12.2. The number of nitriles is 1. The highest BCUT2D eigenvalue weighted by Crippen LogP contribution is 2.21. The number of nitrogens with zero attached hydrogens (tertiary/aromatic N) is 1. The molecule has 5 heteroatoms. The zero-order chi connectivity index (χ0) is 16.1. The van der Waals surface area contributed by atoms with E-state index in [2.05, 4.69) is 5.32 Å². The first-order valence-corrected chi connectivity index (χ1v) is 6.56. The molecule has 0 unspecified atom stereocenters. The highest BCUT2D eigenvalue weighted by atomic mass is 16.5. The van der Waals surface area contributed by atoms with E-state index in [0.717, 1.165) is 0 Å². The summed E-state index contributed by atoms with van der Waals surface area (Å²) in [6.45, 7) is 1.76. The van der Waals surface area contributed by atoms with Crippen molar-refractivity contribution in [1.82, 2.24) is 0 Å². The Bertz CT molecular complexity index is 776. The van der Waals surface area contributed by atoms with Crippen molar-refractivity contribution in [2.24, 2.45) is 0 Å². The summed E-state index contributed by atoms with van der Waals surface area (Å²) < 4.78 is 4.75. The molecule has 2 rings (SSSR count). The monoisotopic (exact) mass is 294 g/mol. The summed E-state index contributed by atoms with van der Waals surface area (Å²) in [6.07, 6.45) is 0. The summed E-state index contributed by atoms with van der Waals surface area (Å²) in [4.78, 5) is 24.1. The Kier molecular flexibility index (Phi) is 4.54. The molecule has 22 heavy (non-hydrogen) atoms. The van der Waals surface area contributed by atoms with E-state index in [-0.39, 0.29) is 0 Å². The lowest BCUT2D eigenvalue weighted by Crippen LogP contribution is -2.16. The summed E-state index contributed by atoms with van der Waals surface area (Å²) in [6, 6.07) is 13.4. The maximum absolute atomic E-state index is 12.3. The quantitative estimate of drug-likeness (QED) is 0.883. The molecule has 0 fully saturated rings. The van der Waals surface area contributed by atoms with Gasteiger partial charge in [0.05, 0.1) is 30.0 Å². The van der Waals surface area contributed by atoms with Gasteiger partial charge in [-0.1, -0.05) is 18.2 Å². The number of rotatable bonds is 3. The van der Waals surface area contributed by atoms with Crippen LogP contribution in [0.5, 0.6) is 0 Å². The fraction of sp³-hybridized carbons (Fsp3) is 0.118. The van der Waals surface area contributed by atoms with E-state index in [4.69, 9.17) is 10.00 Å². The van der Waals surface area contributed by atoms with E-state index in [1.807, 2.05) is 6.07 Å². The number of esters is 1. The Hall–Kier alpha value is -3.13. The van der Waals surface area contributed by atoms with Crippen molar-refractivity contribution in [3.63, 3.8) is 0 Å². The molecule has 2 aromatic rings. The summed E-state index contributed by atoms with van der Waals surface area (Å²) in [5.74, 6) is -0.910. The number of aryl methyl sites for hydroxylation is 1. The van der Waals surface area contributed by atoms with Crippen LogP contribution in [-0.2, 0) is 4.74 Å². The first kappa shape index (κ1) is 15.3. The van der Waals surface area contributed by atoms with E-state index in [0.29, 0.717) is 27.9 Å². The molecule has 0 aliphatic heterocycles. The van der Waals surface area contributed by atoms with Crippen molar-refractivity contribution in [3.8, 4) is 6.07 Å². The summed E-state index contributed by atoms with van der Waals surface area (Å²) in [5.41, 5.74) is 2.13. The molecule has 0 spiro atoms. The van der Waals surface area contributed by atoms with Crippen LogP contribution in [0.2, 0.25) is 0 Å². The van der Waals surface area contributed by atoms with Crippen LogP contribution in [0.15, 0.2) is 42.5 Å². The SMILES string of the molecule is COC(=O)c1c(C)cccc1NC(=O)c1cccc(C#N)c1. The zero-order valence-corrected chi connectivity index (χ0v) is 12.2. The van der Waals surface area contributed by atoms with Crippen LogP contribution in [0.1, 0.15) is 31.8 Å². The van der Waals surface area contributed by atoms with Gasteiger partial charge in [-0.25, -0.2) is 4.79 Å². The lowest BCUT2D eigenvalue weighted by molar-refractivity contribution is 0.0601. The topological polar surface area (TPSA) is 79.2 Å². The van der Waals surface area contributed by atoms with Gasteiger partial charge < -0.3 is 10.1 Å². The van der Waals surface area contributed by atoms with Gasteiger partial charge in [-0.15, -0.1) is 0 Å². The molecular weight excluding hydrogens is 280 g/mol. The largest absolute Gasteiger partial charge is 0.465 e. The number of ether oxygens (including phenoxy) is 1. The van der Waals surface area contributed by atoms with Crippen LogP contribution in [0.3, 0.4) is 0 Å². The van der Waals surface area contributed by atoms with Crippen molar-refractivity contribution in [2.45, 2.75) is 6.92 Å². The highest BCUT2D eigenvalue weighted by Gasteiger charge is 2.17. The van der Waals surface area contributed by atoms with Crippen LogP contribution in [0.25, 0.3) is 0 Å². The third-order valence-corrected chi connectivity index (χ3v) is 3.16. The van der Waals surface area contributed by atoms with Crippen LogP contribution >= 0.6 is 0 Å². The van der Waals surface area contributed by atoms with Crippen LogP contribution in [0, 0.1) is 18.3 Å². The van der Waals surface area contributed by atoms with Gasteiger partial charge in [-0.2, -0.15) is 5.26 Å². The van der Waals surface area contributed by atoms with Crippen molar-refractivity contribution >= 4 is 17.6 Å². The van der Waals surface area contributed by atoms with Crippen LogP contribution in [-0.4, -0.2) is 19.0 Å². The smallest absolute Gasteiger partial charge is 0.340 e. The van der Waals surface area contributed by atoms with Crippen molar-refractivity contribution < 1.29 is 14.3 Å². The average molecular weight is 294 g/mol. The fourth-order valence-electron chi connectivity index (χ4n) is 2.07. The number of hydrogen-bond acceptors (Lipinski definition) is 4. The van der Waals surface area contributed by atoms with Crippen molar-refractivity contribution in [2.75, 3.05) is 12.4 Å². The minimum atomic E-state index is -0.515. The van der Waals surface area contributed by atoms with Gasteiger partial charge in [0.25, 0.3) is 5.91 Å². The van der Waals surface area contributed by atoms with Gasteiger partial charge in [0, 0.05) is 5.56 Å². The Morgan fingerprint density at radius 3 is 2.59 bits per heavy atom. The van der Waals surface area contributed by atoms with Gasteiger partial charge in [0.1, 0.15) is 0 Å². The maximum atomic E-state index is 12.3. The number of carbonyl (C=O) groups is 2. The Labute approximate surface area is 128 Å². The number of amides is 1. The first-order valence-electron chi connectivity index (χ1n) is 6.56. The Morgan fingerprint density at radius 1 is 1.18 bits per heavy atom. The van der Waals surface area contributed by atoms with E-state index >= 15 is 0 Å². The fourth-order valence-corrected chi connectivity index (χ4v) is 2.07. The van der Waals surface area contributed by atoms with Crippen LogP contribution in [0.4, 0.5) is 5.69 Å². The Morgan fingerprint density at radius 2 is 1.91 bits per heavy atom. The summed E-state index contributed by atoms with van der Waals surface area (Å²) in [5, 5.41) is 11.6. The lowest BCUT2D eigenvalue weighted by atomic mass is 10.1. The number of hydrogen-bond donors (Lipinski definition) is 1. The highest BCUT2D eigenvalue weighted by molar-refractivity contribution is 6.08. The molecule has 2 aromatic carbocycles. The minimum absolute atomic E-state index is 0.315. The van der Waals surface area contributed by atoms with Gasteiger partial charge in [-0.05, 0) is 36.8 Å². The molecule has 0 aliphatic rings. The molecule has 0 radical (unpaired) electrons. The van der Waals surface area contributed by atoms with Crippen molar-refractivity contribution in [1.29, 1.82) is 5.26 Å². The third kappa shape index (κ3) is 3.13. The molecule has 110 valence electrons. The van der Waals surface area contributed by atoms with E-state index < -0.39 is 11.9 Å². The summed E-state index contributed by atoms with van der Waals surface area (Å²) >= 11 is 0. The summed E-state index contributed by atoms with van der Waals surface area (Å²) in [7, 11) is 1.29. The standard InChI is InChI=1S/C17H14N2O3/c1-11-5-3-8-14(15(11)17(21)22-2)19-16(20)13-7-4-6-12(9-13)10-18/h3-9H,1-2H3,(H,19,20). The normalized spacial score (nSPS) is 9.68. The van der Waals surface area contributed by atoms with E-state index in [9.17, 15) is 9.59 Å². The number of benzene rings is 2. The number of anilines is 1. The molecule has 0 heterocycles. The molecule has 5 nitrogen and oxygen atoms in total. The predicted molar refractivity (Wildman–Crippen MR) is 81.6 cm³/mol. The first-order chi connectivity index (χ1) is 10.6. The molecule has 0 saturated carbocycles. The van der Waals surface area contributed by atoms with Crippen molar-refractivity contribution in [3.05, 3.63) is 64.7 Å². The lowest BCUT2D eigenvalue weighted by Gasteiger charge is -2.12. The number of nitrogens with one attached hydrogen (secondary N) is 1. The molecule has 0 aliphatic carbocycles. The maximum Gasteiger partial charge on any atom is 0.340 e. The van der Waals surface area contributed by atoms with Crippen LogP contribution < -0.4 is 5.32 Å². The molecule has 0 bridgehead atoms. The molecule has 0 saturated heterocycles. The average Bonchev–Trinajstić information content (AvgIpc) is 2.54. The number of methoxy groups -OCH3 is 1. The van der Waals surface area contributed by atoms with Gasteiger partial charge in [0.2, 0.25) is 0 Å². The number of carbonyl (C=O) groups excluding carboxylic acids is 2. The second-order valence-corrected chi connectivity index (χ2v) is 4.64. The second-order valence-electron chi connectivity index (χ2n) is 4.64. The second kappa shape index (κ2) is 6.55. The molecule has 0 aromatic heterocycles.